The van der Waals surface area contributed by atoms with Crippen molar-refractivity contribution in [2.24, 2.45) is 5.10 Å². The van der Waals surface area contributed by atoms with Crippen molar-refractivity contribution in [3.8, 4) is 5.75 Å². The number of nitrogens with zero attached hydrogens (tertiary/aromatic N) is 2. The van der Waals surface area contributed by atoms with Gasteiger partial charge in [-0.25, -0.2) is 13.8 Å². The number of methoxy groups -OCH3 is 1. The minimum absolute atomic E-state index is 0.159. The molecule has 0 radical (unpaired) electrons. The summed E-state index contributed by atoms with van der Waals surface area (Å²) in [6, 6.07) is 15.2. The van der Waals surface area contributed by atoms with Crippen LogP contribution in [0.25, 0.3) is 0 Å². The van der Waals surface area contributed by atoms with Crippen molar-refractivity contribution in [1.29, 1.82) is 0 Å². The highest BCUT2D eigenvalue weighted by Crippen LogP contribution is 2.31. The first-order valence-electron chi connectivity index (χ1n) is 9.94. The molecule has 2 rings (SSSR count). The molecule has 168 valence electrons. The van der Waals surface area contributed by atoms with E-state index in [9.17, 15) is 13.2 Å². The summed E-state index contributed by atoms with van der Waals surface area (Å²) >= 11 is 0. The Morgan fingerprint density at radius 1 is 1.16 bits per heavy atom. The van der Waals surface area contributed by atoms with Gasteiger partial charge in [0.1, 0.15) is 12.3 Å². The van der Waals surface area contributed by atoms with Crippen LogP contribution in [0.15, 0.2) is 53.6 Å². The van der Waals surface area contributed by atoms with Crippen molar-refractivity contribution < 1.29 is 17.9 Å². The molecule has 0 spiro atoms. The second-order valence-corrected chi connectivity index (χ2v) is 10.2. The van der Waals surface area contributed by atoms with Crippen molar-refractivity contribution in [1.82, 2.24) is 5.43 Å². The number of nitrogens with one attached hydrogen (secondary N) is 1. The number of ether oxygens (including phenoxy) is 1. The number of hydrazone groups is 1. The standard InChI is InChI=1S/C23H31N3O4S/c1-17-12-13-21(30-5)20(14-17)26(31(6,28)29)16-22(27)25-24-18(2)15-23(3,4)19-10-8-7-9-11-19/h7-14H,15-16H2,1-6H3,(H,25,27)/b24-18-. The Balaban J connectivity index is 2.14. The maximum atomic E-state index is 12.5. The molecule has 1 amide bonds. The van der Waals surface area contributed by atoms with E-state index in [1.165, 1.54) is 12.7 Å². The van der Waals surface area contributed by atoms with Crippen molar-refractivity contribution >= 4 is 27.3 Å². The summed E-state index contributed by atoms with van der Waals surface area (Å²) in [6.45, 7) is 7.49. The number of amides is 1. The molecule has 0 saturated heterocycles. The predicted octanol–water partition coefficient (Wildman–Crippen LogP) is 3.63. The molecule has 0 aliphatic rings. The predicted molar refractivity (Wildman–Crippen MR) is 125 cm³/mol. The number of sulfonamides is 1. The first-order valence-corrected chi connectivity index (χ1v) is 11.8. The smallest absolute Gasteiger partial charge is 0.260 e. The first kappa shape index (κ1) is 24.4. The molecule has 31 heavy (non-hydrogen) atoms. The Morgan fingerprint density at radius 2 is 1.81 bits per heavy atom. The maximum Gasteiger partial charge on any atom is 0.260 e. The third-order valence-corrected chi connectivity index (χ3v) is 6.04. The molecule has 0 aliphatic heterocycles. The molecule has 2 aromatic carbocycles. The van der Waals surface area contributed by atoms with Crippen LogP contribution >= 0.6 is 0 Å². The fraction of sp³-hybridized carbons (Fsp3) is 0.391. The number of aryl methyl sites for hydroxylation is 1. The van der Waals surface area contributed by atoms with Crippen LogP contribution in [0.5, 0.6) is 5.75 Å². The van der Waals surface area contributed by atoms with Gasteiger partial charge in [0.05, 0.1) is 19.1 Å². The minimum atomic E-state index is -3.72. The maximum absolute atomic E-state index is 12.5. The molecule has 1 N–H and O–H groups in total. The average Bonchev–Trinajstić information content (AvgIpc) is 2.70. The summed E-state index contributed by atoms with van der Waals surface area (Å²) in [5, 5.41) is 4.19. The van der Waals surface area contributed by atoms with E-state index in [4.69, 9.17) is 4.74 Å². The van der Waals surface area contributed by atoms with Crippen LogP contribution < -0.4 is 14.5 Å². The number of carbonyl (C=O) groups excluding carboxylic acids is 1. The summed E-state index contributed by atoms with van der Waals surface area (Å²) < 4.78 is 31.1. The van der Waals surface area contributed by atoms with Gasteiger partial charge in [-0.05, 0) is 48.9 Å². The van der Waals surface area contributed by atoms with Gasteiger partial charge < -0.3 is 4.74 Å². The Morgan fingerprint density at radius 3 is 2.39 bits per heavy atom. The zero-order valence-corrected chi connectivity index (χ0v) is 19.8. The summed E-state index contributed by atoms with van der Waals surface area (Å²) in [4.78, 5) is 12.5. The summed E-state index contributed by atoms with van der Waals surface area (Å²) in [5.74, 6) is -0.168. The molecule has 0 bridgehead atoms. The van der Waals surface area contributed by atoms with E-state index in [0.29, 0.717) is 17.9 Å². The molecule has 0 atom stereocenters. The molecule has 2 aromatic rings. The van der Waals surface area contributed by atoms with Crippen LogP contribution in [0.2, 0.25) is 0 Å². The zero-order valence-electron chi connectivity index (χ0n) is 19.0. The number of hydrogen-bond acceptors (Lipinski definition) is 5. The molecular formula is C23H31N3O4S. The van der Waals surface area contributed by atoms with Crippen molar-refractivity contribution in [3.63, 3.8) is 0 Å². The van der Waals surface area contributed by atoms with Crippen LogP contribution in [-0.4, -0.2) is 39.9 Å². The van der Waals surface area contributed by atoms with Gasteiger partial charge >= 0.3 is 0 Å². The van der Waals surface area contributed by atoms with E-state index in [2.05, 4.69) is 36.5 Å². The van der Waals surface area contributed by atoms with Gasteiger partial charge in [0.25, 0.3) is 5.91 Å². The van der Waals surface area contributed by atoms with Gasteiger partial charge in [-0.2, -0.15) is 5.10 Å². The average molecular weight is 446 g/mol. The van der Waals surface area contributed by atoms with Crippen LogP contribution in [0.1, 0.15) is 38.3 Å². The van der Waals surface area contributed by atoms with E-state index in [0.717, 1.165) is 21.8 Å². The summed E-state index contributed by atoms with van der Waals surface area (Å²) in [5.41, 5.74) is 5.39. The number of carbonyl (C=O) groups is 1. The van der Waals surface area contributed by atoms with E-state index < -0.39 is 22.5 Å². The Hall–Kier alpha value is -2.87. The molecule has 0 heterocycles. The van der Waals surface area contributed by atoms with E-state index in [1.807, 2.05) is 38.1 Å². The second-order valence-electron chi connectivity index (χ2n) is 8.25. The van der Waals surface area contributed by atoms with Gasteiger partial charge in [-0.1, -0.05) is 50.2 Å². The largest absolute Gasteiger partial charge is 0.495 e. The fourth-order valence-electron chi connectivity index (χ4n) is 3.37. The molecule has 0 unspecified atom stereocenters. The lowest BCUT2D eigenvalue weighted by atomic mass is 9.80. The normalized spacial score (nSPS) is 12.4. The molecule has 0 saturated carbocycles. The van der Waals surface area contributed by atoms with Gasteiger partial charge in [0.2, 0.25) is 10.0 Å². The minimum Gasteiger partial charge on any atom is -0.495 e. The first-order chi connectivity index (χ1) is 14.4. The highest BCUT2D eigenvalue weighted by atomic mass is 32.2. The van der Waals surface area contributed by atoms with Gasteiger partial charge in [-0.3, -0.25) is 9.10 Å². The lowest BCUT2D eigenvalue weighted by molar-refractivity contribution is -0.119. The molecule has 0 aromatic heterocycles. The van der Waals surface area contributed by atoms with Crippen molar-refractivity contribution in [2.75, 3.05) is 24.2 Å². The third-order valence-electron chi connectivity index (χ3n) is 4.92. The Labute approximate surface area is 185 Å². The van der Waals surface area contributed by atoms with E-state index in [1.54, 1.807) is 12.1 Å². The molecule has 7 nitrogen and oxygen atoms in total. The van der Waals surface area contributed by atoms with Gasteiger partial charge in [-0.15, -0.1) is 0 Å². The summed E-state index contributed by atoms with van der Waals surface area (Å²) in [6.07, 6.45) is 1.69. The zero-order chi connectivity index (χ0) is 23.2. The van der Waals surface area contributed by atoms with Crippen molar-refractivity contribution in [3.05, 3.63) is 59.7 Å². The highest BCUT2D eigenvalue weighted by molar-refractivity contribution is 7.92. The summed E-state index contributed by atoms with van der Waals surface area (Å²) in [7, 11) is -2.27. The molecule has 8 heteroatoms. The molecule has 0 fully saturated rings. The monoisotopic (exact) mass is 445 g/mol. The lowest BCUT2D eigenvalue weighted by Crippen LogP contribution is -2.39. The number of anilines is 1. The van der Waals surface area contributed by atoms with Gasteiger partial charge in [0, 0.05) is 5.71 Å². The van der Waals surface area contributed by atoms with E-state index >= 15 is 0 Å². The molecule has 0 aliphatic carbocycles. The Kier molecular flexibility index (Phi) is 7.84. The van der Waals surface area contributed by atoms with Crippen molar-refractivity contribution in [2.45, 2.75) is 39.5 Å². The quantitative estimate of drug-likeness (QED) is 0.472. The van der Waals surface area contributed by atoms with Crippen LogP contribution in [0.3, 0.4) is 0 Å². The van der Waals surface area contributed by atoms with E-state index in [-0.39, 0.29) is 5.41 Å². The highest BCUT2D eigenvalue weighted by Gasteiger charge is 2.25. The number of hydrogen-bond donors (Lipinski definition) is 1. The van der Waals surface area contributed by atoms with Crippen LogP contribution in [-0.2, 0) is 20.2 Å². The van der Waals surface area contributed by atoms with Crippen LogP contribution in [0.4, 0.5) is 5.69 Å². The second kappa shape index (κ2) is 9.96. The van der Waals surface area contributed by atoms with Gasteiger partial charge in [0.15, 0.2) is 0 Å². The number of rotatable bonds is 9. The fourth-order valence-corrected chi connectivity index (χ4v) is 4.22. The van der Waals surface area contributed by atoms with Crippen LogP contribution in [0, 0.1) is 6.92 Å². The Bertz CT molecular complexity index is 1050. The topological polar surface area (TPSA) is 88.1 Å². The number of benzene rings is 2. The SMILES string of the molecule is COc1ccc(C)cc1N(CC(=O)N/N=C(/C)CC(C)(C)c1ccccc1)S(C)(=O)=O. The molecular weight excluding hydrogens is 414 g/mol. The third kappa shape index (κ3) is 6.82. The lowest BCUT2D eigenvalue weighted by Gasteiger charge is -2.25.